The Hall–Kier alpha value is -2.89. The van der Waals surface area contributed by atoms with E-state index in [1.54, 1.807) is 0 Å². The standard InChI is InChI=1S/C18H36O2.2C11H20O7/c1-2-3-4-5-6-7-8-9-10-11-12-13-14-15-16-17-18(19)20;2*12-5-11(6-13,7-14)8-18-10(17)4-2-1-3-9(15)16/h2-17H2,1H3,(H,19,20);2*12-14H,1-8H2,(H,15,16). The Balaban J connectivity index is -0.000000754. The first-order valence-corrected chi connectivity index (χ1v) is 20.4. The van der Waals surface area contributed by atoms with Crippen LogP contribution < -0.4 is 0 Å². The van der Waals surface area contributed by atoms with Gasteiger partial charge in [-0.15, -0.1) is 0 Å². The molecular weight excluding hydrogens is 736 g/mol. The van der Waals surface area contributed by atoms with Gasteiger partial charge in [0.05, 0.1) is 50.5 Å². The van der Waals surface area contributed by atoms with Crippen molar-refractivity contribution in [3.8, 4) is 0 Å². The first-order valence-electron chi connectivity index (χ1n) is 20.4. The maximum atomic E-state index is 11.3. The van der Waals surface area contributed by atoms with Crippen LogP contribution in [0.15, 0.2) is 0 Å². The summed E-state index contributed by atoms with van der Waals surface area (Å²) in [7, 11) is 0. The van der Waals surface area contributed by atoms with Crippen molar-refractivity contribution >= 4 is 29.8 Å². The van der Waals surface area contributed by atoms with Gasteiger partial charge in [-0.1, -0.05) is 96.8 Å². The van der Waals surface area contributed by atoms with Crippen LogP contribution in [0.1, 0.15) is 161 Å². The van der Waals surface area contributed by atoms with E-state index in [0.29, 0.717) is 32.1 Å². The van der Waals surface area contributed by atoms with Crippen molar-refractivity contribution in [3.63, 3.8) is 0 Å². The van der Waals surface area contributed by atoms with Crippen LogP contribution in [-0.2, 0) is 33.4 Å². The first kappa shape index (κ1) is 57.4. The van der Waals surface area contributed by atoms with Gasteiger partial charge in [-0.2, -0.15) is 0 Å². The third kappa shape index (κ3) is 38.0. The molecule has 16 nitrogen and oxygen atoms in total. The van der Waals surface area contributed by atoms with E-state index in [4.69, 9.17) is 55.4 Å². The molecule has 0 aliphatic carbocycles. The van der Waals surface area contributed by atoms with E-state index in [0.717, 1.165) is 12.8 Å². The molecule has 56 heavy (non-hydrogen) atoms. The highest BCUT2D eigenvalue weighted by Gasteiger charge is 2.31. The SMILES string of the molecule is CCCCCCCCCCCCCCCCCC(=O)O.O=C(O)CCCCC(=O)OCC(CO)(CO)CO.O=C(O)CCCCC(=O)OCC(CO)(CO)CO. The molecule has 0 spiro atoms. The van der Waals surface area contributed by atoms with Crippen LogP contribution in [0.25, 0.3) is 0 Å². The minimum absolute atomic E-state index is 0.00113. The highest BCUT2D eigenvalue weighted by Crippen LogP contribution is 2.17. The summed E-state index contributed by atoms with van der Waals surface area (Å²) in [6, 6.07) is 0. The second-order valence-corrected chi connectivity index (χ2v) is 14.6. The fraction of sp³-hybridized carbons (Fsp3) is 0.875. The molecule has 0 heterocycles. The number of carboxylic acids is 3. The Morgan fingerprint density at radius 3 is 0.804 bits per heavy atom. The van der Waals surface area contributed by atoms with Crippen molar-refractivity contribution in [1.29, 1.82) is 0 Å². The molecule has 0 rings (SSSR count). The minimum Gasteiger partial charge on any atom is -0.481 e. The maximum absolute atomic E-state index is 11.3. The second-order valence-electron chi connectivity index (χ2n) is 14.6. The molecule has 0 aromatic carbocycles. The quantitative estimate of drug-likeness (QED) is 0.0308. The topological polar surface area (TPSA) is 286 Å². The third-order valence-corrected chi connectivity index (χ3v) is 9.13. The molecule has 0 bridgehead atoms. The maximum Gasteiger partial charge on any atom is 0.305 e. The lowest BCUT2D eigenvalue weighted by Crippen LogP contribution is -2.39. The monoisotopic (exact) mass is 813 g/mol. The first-order chi connectivity index (χ1) is 26.8. The molecular formula is C40H76O16. The number of carbonyl (C=O) groups excluding carboxylic acids is 2. The van der Waals surface area contributed by atoms with Gasteiger partial charge in [-0.05, 0) is 32.1 Å². The van der Waals surface area contributed by atoms with Crippen LogP contribution in [0.3, 0.4) is 0 Å². The van der Waals surface area contributed by atoms with E-state index < -0.39 is 80.3 Å². The van der Waals surface area contributed by atoms with Crippen molar-refractivity contribution in [2.24, 2.45) is 10.8 Å². The van der Waals surface area contributed by atoms with Gasteiger partial charge in [-0.3, -0.25) is 24.0 Å². The van der Waals surface area contributed by atoms with Gasteiger partial charge in [-0.25, -0.2) is 0 Å². The van der Waals surface area contributed by atoms with E-state index >= 15 is 0 Å². The largest absolute Gasteiger partial charge is 0.481 e. The number of ether oxygens (including phenoxy) is 2. The summed E-state index contributed by atoms with van der Waals surface area (Å²) in [5.41, 5.74) is -2.45. The van der Waals surface area contributed by atoms with Gasteiger partial charge in [0, 0.05) is 32.1 Å². The number of hydrogen-bond donors (Lipinski definition) is 9. The lowest BCUT2D eigenvalue weighted by molar-refractivity contribution is -0.152. The number of aliphatic carboxylic acids is 3. The van der Waals surface area contributed by atoms with Crippen LogP contribution in [0, 0.1) is 10.8 Å². The van der Waals surface area contributed by atoms with Crippen molar-refractivity contribution in [2.75, 3.05) is 52.9 Å². The third-order valence-electron chi connectivity index (χ3n) is 9.13. The number of carbonyl (C=O) groups is 5. The van der Waals surface area contributed by atoms with Crippen LogP contribution in [0.2, 0.25) is 0 Å². The van der Waals surface area contributed by atoms with Gasteiger partial charge < -0.3 is 55.4 Å². The molecule has 0 saturated heterocycles. The summed E-state index contributed by atoms with van der Waals surface area (Å²) in [4.78, 5) is 53.3. The summed E-state index contributed by atoms with van der Waals surface area (Å²) in [6.07, 6.45) is 21.9. The Labute approximate surface area is 333 Å². The fourth-order valence-electron chi connectivity index (χ4n) is 4.92. The molecule has 0 radical (unpaired) electrons. The Morgan fingerprint density at radius 2 is 0.571 bits per heavy atom. The van der Waals surface area contributed by atoms with Crippen LogP contribution >= 0.6 is 0 Å². The number of esters is 2. The summed E-state index contributed by atoms with van der Waals surface area (Å²) in [5, 5.41) is 79.2. The summed E-state index contributed by atoms with van der Waals surface area (Å²) in [5.74, 6) is -3.56. The number of aliphatic hydroxyl groups excluding tert-OH is 6. The average Bonchev–Trinajstić information content (AvgIpc) is 3.18. The van der Waals surface area contributed by atoms with Crippen LogP contribution in [0.5, 0.6) is 0 Å². The minimum atomic E-state index is -1.23. The van der Waals surface area contributed by atoms with Crippen molar-refractivity contribution < 1.29 is 79.4 Å². The lowest BCUT2D eigenvalue weighted by atomic mass is 9.92. The predicted molar refractivity (Wildman–Crippen MR) is 209 cm³/mol. The zero-order valence-corrected chi connectivity index (χ0v) is 34.0. The molecule has 332 valence electrons. The number of aliphatic hydroxyl groups is 6. The Bertz CT molecular complexity index is 895. The van der Waals surface area contributed by atoms with Gasteiger partial charge in [0.15, 0.2) is 0 Å². The predicted octanol–water partition coefficient (Wildman–Crippen LogP) is 4.61. The molecule has 0 atom stereocenters. The molecule has 16 heteroatoms. The fourth-order valence-corrected chi connectivity index (χ4v) is 4.92. The lowest BCUT2D eigenvalue weighted by Gasteiger charge is -2.26. The summed E-state index contributed by atoms with van der Waals surface area (Å²) in [6.45, 7) is -1.23. The molecule has 0 aromatic heterocycles. The normalized spacial score (nSPS) is 11.1. The smallest absolute Gasteiger partial charge is 0.305 e. The van der Waals surface area contributed by atoms with E-state index in [2.05, 4.69) is 6.92 Å². The molecule has 0 amide bonds. The molecule has 0 aliphatic rings. The van der Waals surface area contributed by atoms with Crippen molar-refractivity contribution in [3.05, 3.63) is 0 Å². The zero-order valence-electron chi connectivity index (χ0n) is 34.0. The zero-order chi connectivity index (χ0) is 42.9. The molecule has 0 fully saturated rings. The molecule has 9 N–H and O–H groups in total. The number of carboxylic acid groups (broad SMARTS) is 3. The molecule has 0 aromatic rings. The van der Waals surface area contributed by atoms with Crippen molar-refractivity contribution in [2.45, 2.75) is 161 Å². The number of rotatable bonds is 36. The Kier molecular flexibility index (Phi) is 41.3. The summed E-state index contributed by atoms with van der Waals surface area (Å²) < 4.78 is 9.64. The van der Waals surface area contributed by atoms with Gasteiger partial charge in [0.2, 0.25) is 0 Å². The summed E-state index contributed by atoms with van der Waals surface area (Å²) >= 11 is 0. The molecule has 0 aliphatic heterocycles. The molecule has 0 unspecified atom stereocenters. The number of hydrogen-bond acceptors (Lipinski definition) is 13. The van der Waals surface area contributed by atoms with Gasteiger partial charge >= 0.3 is 29.8 Å². The number of unbranched alkanes of at least 4 members (excludes halogenated alkanes) is 16. The highest BCUT2D eigenvalue weighted by atomic mass is 16.5. The highest BCUT2D eigenvalue weighted by molar-refractivity contribution is 5.70. The molecule has 0 saturated carbocycles. The van der Waals surface area contributed by atoms with E-state index in [1.165, 1.54) is 83.5 Å². The van der Waals surface area contributed by atoms with E-state index in [-0.39, 0.29) is 38.9 Å². The van der Waals surface area contributed by atoms with Crippen LogP contribution in [-0.4, -0.2) is 129 Å². The Morgan fingerprint density at radius 1 is 0.357 bits per heavy atom. The second kappa shape index (κ2) is 40.3. The van der Waals surface area contributed by atoms with Gasteiger partial charge in [0.25, 0.3) is 0 Å². The van der Waals surface area contributed by atoms with E-state index in [1.807, 2.05) is 0 Å². The van der Waals surface area contributed by atoms with Gasteiger partial charge in [0.1, 0.15) is 13.2 Å². The van der Waals surface area contributed by atoms with E-state index in [9.17, 15) is 24.0 Å². The van der Waals surface area contributed by atoms with Crippen LogP contribution in [0.4, 0.5) is 0 Å². The van der Waals surface area contributed by atoms with Crippen molar-refractivity contribution in [1.82, 2.24) is 0 Å². The average molecular weight is 813 g/mol.